The van der Waals surface area contributed by atoms with Crippen molar-refractivity contribution in [3.63, 3.8) is 0 Å². The normalized spacial score (nSPS) is 21.6. The Balaban J connectivity index is 1.62. The van der Waals surface area contributed by atoms with E-state index in [1.165, 1.54) is 19.1 Å². The molecular weight excluding hydrogens is 517 g/mol. The second kappa shape index (κ2) is 11.1. The zero-order chi connectivity index (χ0) is 27.6. The van der Waals surface area contributed by atoms with E-state index in [1.807, 2.05) is 0 Å². The number of nitrogens with one attached hydrogen (secondary N) is 3. The maximum absolute atomic E-state index is 13.7. The zero-order valence-corrected chi connectivity index (χ0v) is 22.0. The van der Waals surface area contributed by atoms with Crippen molar-refractivity contribution in [2.24, 2.45) is 0 Å². The molecule has 2 amide bonds. The third-order valence-electron chi connectivity index (χ3n) is 6.62. The summed E-state index contributed by atoms with van der Waals surface area (Å²) >= 11 is 5.87. The Kier molecular flexibility index (Phi) is 8.03. The van der Waals surface area contributed by atoms with E-state index >= 15 is 0 Å². The van der Waals surface area contributed by atoms with Crippen LogP contribution in [0.3, 0.4) is 0 Å². The molecule has 3 atom stereocenters. The van der Waals surface area contributed by atoms with Crippen LogP contribution in [-0.2, 0) is 14.3 Å². The molecule has 0 radical (unpaired) electrons. The second-order valence-electron chi connectivity index (χ2n) is 9.87. The molecule has 0 bridgehead atoms. The molecule has 3 N–H and O–H groups in total. The highest BCUT2D eigenvalue weighted by atomic mass is 35.5. The summed E-state index contributed by atoms with van der Waals surface area (Å²) in [4.78, 5) is 50.5. The van der Waals surface area contributed by atoms with Crippen molar-refractivity contribution in [2.45, 2.75) is 57.4 Å². The van der Waals surface area contributed by atoms with Crippen LogP contribution in [0.5, 0.6) is 5.75 Å². The summed E-state index contributed by atoms with van der Waals surface area (Å²) in [6.07, 6.45) is 0.505. The summed E-state index contributed by atoms with van der Waals surface area (Å²) in [5.41, 5.74) is -0.227. The first-order chi connectivity index (χ1) is 18.0. The molecule has 0 aromatic heterocycles. The number of fused-ring (bicyclic) bond motifs is 1. The monoisotopic (exact) mass is 545 g/mol. The lowest BCUT2D eigenvalue weighted by atomic mass is 9.85. The number of amides is 2. The first-order valence-electron chi connectivity index (χ1n) is 12.3. The van der Waals surface area contributed by atoms with Gasteiger partial charge in [-0.2, -0.15) is 0 Å². The summed E-state index contributed by atoms with van der Waals surface area (Å²) < 4.78 is 25.6. The minimum atomic E-state index is -1.12. The van der Waals surface area contributed by atoms with Crippen molar-refractivity contribution in [3.8, 4) is 5.75 Å². The summed E-state index contributed by atoms with van der Waals surface area (Å²) in [7, 11) is 0. The Morgan fingerprint density at radius 2 is 1.89 bits per heavy atom. The Labute approximate surface area is 224 Å². The van der Waals surface area contributed by atoms with Crippen LogP contribution in [0, 0.1) is 5.82 Å². The van der Waals surface area contributed by atoms with E-state index in [2.05, 4.69) is 16.0 Å². The van der Waals surface area contributed by atoms with Gasteiger partial charge < -0.3 is 25.4 Å². The van der Waals surface area contributed by atoms with Crippen LogP contribution in [-0.4, -0.2) is 54.4 Å². The summed E-state index contributed by atoms with van der Waals surface area (Å²) in [6, 6.07) is 7.04. The lowest BCUT2D eigenvalue weighted by Gasteiger charge is -2.44. The SMILES string of the molecule is CC(=O)c1ccc2c(c1)[C@H](NC(=O)c1ccc(F)c(Cl)c1)[C@H](OC(=O)CNC(=O)[C@@H]1CCCN1)C(C)(C)O2. The van der Waals surface area contributed by atoms with Gasteiger partial charge in [0.2, 0.25) is 5.91 Å². The average Bonchev–Trinajstić information content (AvgIpc) is 3.41. The molecule has 0 saturated carbocycles. The van der Waals surface area contributed by atoms with E-state index in [4.69, 9.17) is 21.1 Å². The van der Waals surface area contributed by atoms with Crippen molar-refractivity contribution in [1.29, 1.82) is 0 Å². The molecule has 4 rings (SSSR count). The van der Waals surface area contributed by atoms with Gasteiger partial charge in [-0.05, 0) is 76.6 Å². The highest BCUT2D eigenvalue weighted by Crippen LogP contribution is 2.42. The van der Waals surface area contributed by atoms with Crippen molar-refractivity contribution in [2.75, 3.05) is 13.1 Å². The van der Waals surface area contributed by atoms with Crippen LogP contribution in [0.1, 0.15) is 65.9 Å². The molecule has 2 aliphatic heterocycles. The molecule has 11 heteroatoms. The van der Waals surface area contributed by atoms with Gasteiger partial charge in [0.25, 0.3) is 5.91 Å². The Morgan fingerprint density at radius 1 is 1.16 bits per heavy atom. The Morgan fingerprint density at radius 3 is 2.55 bits per heavy atom. The number of hydrogen-bond donors (Lipinski definition) is 3. The fourth-order valence-electron chi connectivity index (χ4n) is 4.61. The molecule has 2 aliphatic rings. The first kappa shape index (κ1) is 27.5. The van der Waals surface area contributed by atoms with Gasteiger partial charge in [0.15, 0.2) is 11.9 Å². The molecule has 2 aromatic rings. The number of Topliss-reactive ketones (excluding diaryl/α,β-unsaturated/α-hetero) is 1. The number of halogens is 2. The maximum Gasteiger partial charge on any atom is 0.325 e. The van der Waals surface area contributed by atoms with Crippen molar-refractivity contribution < 1.29 is 33.0 Å². The minimum absolute atomic E-state index is 0.0892. The molecule has 1 fully saturated rings. The van der Waals surface area contributed by atoms with Crippen LogP contribution < -0.4 is 20.7 Å². The van der Waals surface area contributed by atoms with Gasteiger partial charge in [0.05, 0.1) is 17.1 Å². The van der Waals surface area contributed by atoms with Crippen LogP contribution >= 0.6 is 11.6 Å². The molecule has 2 aromatic carbocycles. The van der Waals surface area contributed by atoms with Crippen molar-refractivity contribution in [3.05, 3.63) is 63.9 Å². The average molecular weight is 546 g/mol. The minimum Gasteiger partial charge on any atom is -0.484 e. The quantitative estimate of drug-likeness (QED) is 0.361. The van der Waals surface area contributed by atoms with Gasteiger partial charge in [-0.15, -0.1) is 0 Å². The number of benzene rings is 2. The molecule has 0 unspecified atom stereocenters. The molecule has 0 aliphatic carbocycles. The van der Waals surface area contributed by atoms with Crippen molar-refractivity contribution >= 4 is 35.2 Å². The molecular formula is C27H29ClFN3O6. The molecule has 2 heterocycles. The topological polar surface area (TPSA) is 123 Å². The smallest absolute Gasteiger partial charge is 0.325 e. The lowest BCUT2D eigenvalue weighted by Crippen LogP contribution is -2.56. The highest BCUT2D eigenvalue weighted by Gasteiger charge is 2.47. The predicted octanol–water partition coefficient (Wildman–Crippen LogP) is 3.10. The molecule has 1 saturated heterocycles. The van der Waals surface area contributed by atoms with Gasteiger partial charge in [-0.25, -0.2) is 4.39 Å². The third kappa shape index (κ3) is 5.97. The third-order valence-corrected chi connectivity index (χ3v) is 6.91. The summed E-state index contributed by atoms with van der Waals surface area (Å²) in [5, 5.41) is 8.25. The van der Waals surface area contributed by atoms with Crippen molar-refractivity contribution in [1.82, 2.24) is 16.0 Å². The van der Waals surface area contributed by atoms with Crippen LogP contribution in [0.25, 0.3) is 0 Å². The number of esters is 1. The number of ether oxygens (including phenoxy) is 2. The fourth-order valence-corrected chi connectivity index (χ4v) is 4.79. The van der Waals surface area contributed by atoms with Crippen LogP contribution in [0.4, 0.5) is 4.39 Å². The Hall–Kier alpha value is -3.50. The standard InChI is InChI=1S/C27H29ClFN3O6/c1-14(33)15-7-9-21-17(11-15)23(32-25(35)16-6-8-19(29)18(28)12-16)24(27(2,3)38-21)37-22(34)13-31-26(36)20-5-4-10-30-20/h6-9,11-12,20,23-24,30H,4-5,10,13H2,1-3H3,(H,31,36)(H,32,35)/t20-,23-,24-/m0/s1. The van der Waals surface area contributed by atoms with E-state index in [1.54, 1.807) is 32.0 Å². The molecule has 38 heavy (non-hydrogen) atoms. The largest absolute Gasteiger partial charge is 0.484 e. The van der Waals surface area contributed by atoms with Gasteiger partial charge >= 0.3 is 5.97 Å². The lowest BCUT2D eigenvalue weighted by molar-refractivity contribution is -0.164. The summed E-state index contributed by atoms with van der Waals surface area (Å²) in [5.74, 6) is -2.11. The van der Waals surface area contributed by atoms with E-state index < -0.39 is 35.4 Å². The molecule has 0 spiro atoms. The molecule has 202 valence electrons. The van der Waals surface area contributed by atoms with E-state index in [-0.39, 0.29) is 34.9 Å². The highest BCUT2D eigenvalue weighted by molar-refractivity contribution is 6.31. The van der Waals surface area contributed by atoms with E-state index in [9.17, 15) is 23.6 Å². The number of rotatable bonds is 7. The van der Waals surface area contributed by atoms with E-state index in [0.29, 0.717) is 23.3 Å². The van der Waals surface area contributed by atoms with Crippen LogP contribution in [0.15, 0.2) is 36.4 Å². The first-order valence-corrected chi connectivity index (χ1v) is 12.6. The Bertz CT molecular complexity index is 1280. The fraction of sp³-hybridized carbons (Fsp3) is 0.407. The number of hydrogen-bond acceptors (Lipinski definition) is 7. The predicted molar refractivity (Wildman–Crippen MR) is 137 cm³/mol. The number of carbonyl (C=O) groups is 4. The van der Waals surface area contributed by atoms with Gasteiger partial charge in [-0.3, -0.25) is 19.2 Å². The summed E-state index contributed by atoms with van der Waals surface area (Å²) in [6.45, 7) is 5.16. The molecule has 9 nitrogen and oxygen atoms in total. The maximum atomic E-state index is 13.7. The zero-order valence-electron chi connectivity index (χ0n) is 21.2. The van der Waals surface area contributed by atoms with Gasteiger partial charge in [0, 0.05) is 16.7 Å². The van der Waals surface area contributed by atoms with Gasteiger partial charge in [-0.1, -0.05) is 11.6 Å². The number of ketones is 1. The van der Waals surface area contributed by atoms with Crippen LogP contribution in [0.2, 0.25) is 5.02 Å². The van der Waals surface area contributed by atoms with E-state index in [0.717, 1.165) is 19.0 Å². The number of carbonyl (C=O) groups excluding carboxylic acids is 4. The van der Waals surface area contributed by atoms with Gasteiger partial charge in [0.1, 0.15) is 23.7 Å². The second-order valence-corrected chi connectivity index (χ2v) is 10.3.